The topological polar surface area (TPSA) is 29.0 Å². The van der Waals surface area contributed by atoms with E-state index in [1.54, 1.807) is 0 Å². The summed E-state index contributed by atoms with van der Waals surface area (Å²) in [7, 11) is 0. The summed E-state index contributed by atoms with van der Waals surface area (Å²) in [6, 6.07) is 70.3. The van der Waals surface area contributed by atoms with Gasteiger partial charge in [-0.25, -0.2) is 0 Å². The lowest BCUT2D eigenvalue weighted by molar-refractivity contribution is 0.774. The summed E-state index contributed by atoms with van der Waals surface area (Å²) in [5.41, 5.74) is 21.9. The monoisotopic (exact) mass is 811 g/mol. The lowest BCUT2D eigenvalue weighted by Crippen LogP contribution is -2.09. The number of nitrogens with zero attached hydrogens (tertiary/aromatic N) is 1. The molecule has 3 heteroatoms. The van der Waals surface area contributed by atoms with E-state index in [0.717, 1.165) is 35.5 Å². The smallest absolute Gasteiger partial charge is 0.0537 e. The van der Waals surface area contributed by atoms with Gasteiger partial charge in [-0.3, -0.25) is 0 Å². The second-order valence-corrected chi connectivity index (χ2v) is 17.2. The molecule has 0 radical (unpaired) electrons. The summed E-state index contributed by atoms with van der Waals surface area (Å²) in [6.07, 6.45) is 9.04. The van der Waals surface area contributed by atoms with Crippen molar-refractivity contribution in [2.45, 2.75) is 38.5 Å². The Morgan fingerprint density at radius 1 is 0.476 bits per heavy atom. The molecule has 0 saturated carbocycles. The van der Waals surface area contributed by atoms with Crippen molar-refractivity contribution in [2.24, 2.45) is 0 Å². The number of allylic oxidation sites excluding steroid dienone is 2. The third-order valence-electron chi connectivity index (χ3n) is 13.1. The van der Waals surface area contributed by atoms with E-state index in [4.69, 9.17) is 0 Å². The minimum Gasteiger partial charge on any atom is -0.355 e. The third-order valence-corrected chi connectivity index (χ3v) is 13.1. The number of hydrogen-bond donors (Lipinski definition) is 2. The molecule has 8 aromatic carbocycles. The number of benzene rings is 8. The van der Waals surface area contributed by atoms with Crippen molar-refractivity contribution in [3.8, 4) is 39.1 Å². The number of hydrogen-bond acceptors (Lipinski definition) is 2. The first-order chi connectivity index (χ1) is 31.1. The van der Waals surface area contributed by atoms with Gasteiger partial charge in [-0.2, -0.15) is 0 Å². The molecule has 2 N–H and O–H groups in total. The van der Waals surface area contributed by atoms with E-state index >= 15 is 0 Å². The van der Waals surface area contributed by atoms with Crippen molar-refractivity contribution in [1.82, 2.24) is 4.57 Å². The molecule has 2 unspecified atom stereocenters. The minimum atomic E-state index is 0.317. The maximum atomic E-state index is 4.02. The summed E-state index contributed by atoms with van der Waals surface area (Å²) in [5.74, 6) is 0.748. The highest BCUT2D eigenvalue weighted by Gasteiger charge is 2.28. The quantitative estimate of drug-likeness (QED) is 0.152. The molecule has 2 aliphatic rings. The molecule has 0 aliphatic heterocycles. The van der Waals surface area contributed by atoms with Crippen LogP contribution in [0.1, 0.15) is 66.5 Å². The van der Waals surface area contributed by atoms with Gasteiger partial charge in [-0.1, -0.05) is 159 Å². The molecule has 0 fully saturated rings. The van der Waals surface area contributed by atoms with Crippen LogP contribution in [0.25, 0.3) is 67.7 Å². The van der Waals surface area contributed by atoms with Crippen LogP contribution in [0.2, 0.25) is 0 Å². The fourth-order valence-corrected chi connectivity index (χ4v) is 10.0. The Hall–Kier alpha value is -7.62. The Bertz CT molecular complexity index is 3170. The summed E-state index contributed by atoms with van der Waals surface area (Å²) in [6.45, 7) is 4.74. The van der Waals surface area contributed by atoms with Crippen LogP contribution >= 0.6 is 0 Å². The number of nitrogens with one attached hydrogen (secondary N) is 2. The van der Waals surface area contributed by atoms with E-state index in [9.17, 15) is 0 Å². The second kappa shape index (κ2) is 16.3. The zero-order chi connectivity index (χ0) is 42.3. The van der Waals surface area contributed by atoms with E-state index in [2.05, 4.69) is 241 Å². The van der Waals surface area contributed by atoms with Crippen LogP contribution in [0.15, 0.2) is 200 Å². The Morgan fingerprint density at radius 2 is 1.10 bits per heavy atom. The van der Waals surface area contributed by atoms with Crippen LogP contribution in [0.4, 0.5) is 22.7 Å². The first-order valence-corrected chi connectivity index (χ1v) is 22.3. The van der Waals surface area contributed by atoms with E-state index in [1.165, 1.54) is 83.6 Å². The molecule has 0 bridgehead atoms. The molecule has 1 aromatic heterocycles. The fraction of sp³-hybridized carbons (Fsp3) is 0.100. The molecule has 0 spiro atoms. The number of para-hydroxylation sites is 2. The molecular weight excluding hydrogens is 763 g/mol. The first-order valence-electron chi connectivity index (χ1n) is 22.3. The van der Waals surface area contributed by atoms with Crippen molar-refractivity contribution in [3.05, 3.63) is 228 Å². The average molecular weight is 812 g/mol. The van der Waals surface area contributed by atoms with Gasteiger partial charge in [0.15, 0.2) is 0 Å². The molecule has 0 saturated heterocycles. The molecule has 0 amide bonds. The fourth-order valence-electron chi connectivity index (χ4n) is 10.0. The lowest BCUT2D eigenvalue weighted by atomic mass is 9.82. The predicted octanol–water partition coefficient (Wildman–Crippen LogP) is 16.7. The lowest BCUT2D eigenvalue weighted by Gasteiger charge is -2.26. The van der Waals surface area contributed by atoms with Gasteiger partial charge in [0.25, 0.3) is 0 Å². The molecule has 2 atom stereocenters. The molecule has 2 aliphatic carbocycles. The normalized spacial score (nSPS) is 15.4. The molecule has 304 valence electrons. The maximum absolute atomic E-state index is 4.02. The van der Waals surface area contributed by atoms with Crippen LogP contribution < -0.4 is 10.6 Å². The number of anilines is 4. The highest BCUT2D eigenvalue weighted by atomic mass is 15.0. The highest BCUT2D eigenvalue weighted by molar-refractivity contribution is 5.99. The van der Waals surface area contributed by atoms with Gasteiger partial charge in [-0.05, 0) is 141 Å². The van der Waals surface area contributed by atoms with Crippen LogP contribution in [0, 0.1) is 0 Å². The van der Waals surface area contributed by atoms with Crippen molar-refractivity contribution < 1.29 is 0 Å². The van der Waals surface area contributed by atoms with E-state index in [0.29, 0.717) is 11.8 Å². The van der Waals surface area contributed by atoms with Crippen LogP contribution in [-0.2, 0) is 0 Å². The van der Waals surface area contributed by atoms with Crippen molar-refractivity contribution in [3.63, 3.8) is 0 Å². The zero-order valence-corrected chi connectivity index (χ0v) is 35.7. The van der Waals surface area contributed by atoms with Gasteiger partial charge in [-0.15, -0.1) is 0 Å². The average Bonchev–Trinajstić information content (AvgIpc) is 3.68. The minimum absolute atomic E-state index is 0.317. The largest absolute Gasteiger partial charge is 0.355 e. The van der Waals surface area contributed by atoms with E-state index < -0.39 is 0 Å². The van der Waals surface area contributed by atoms with Gasteiger partial charge in [0, 0.05) is 45.0 Å². The zero-order valence-electron chi connectivity index (χ0n) is 35.7. The Labute approximate surface area is 370 Å². The number of fused-ring (bicyclic) bond motifs is 4. The van der Waals surface area contributed by atoms with Gasteiger partial charge in [0.2, 0.25) is 0 Å². The summed E-state index contributed by atoms with van der Waals surface area (Å²) < 4.78 is 2.46. The highest BCUT2D eigenvalue weighted by Crippen LogP contribution is 2.47. The van der Waals surface area contributed by atoms with Crippen LogP contribution in [0.5, 0.6) is 0 Å². The summed E-state index contributed by atoms with van der Waals surface area (Å²) in [4.78, 5) is 0. The SMILES string of the molecule is CC1CC=Cc2cccc(Nc3ccc(-c4ccc(Nc5ccc(-c6ccccc6)cc5)c(-c5ccccc5)c4)cc3C3=Cc4c(c5ccccc5n4-c4ccccc4)C(C)C3)c21. The summed E-state index contributed by atoms with van der Waals surface area (Å²) >= 11 is 0. The van der Waals surface area contributed by atoms with Crippen molar-refractivity contribution in [1.29, 1.82) is 0 Å². The third kappa shape index (κ3) is 7.26. The second-order valence-electron chi connectivity index (χ2n) is 17.2. The molecule has 1 heterocycles. The van der Waals surface area contributed by atoms with E-state index in [-0.39, 0.29) is 0 Å². The first kappa shape index (κ1) is 38.3. The molecular formula is C60H49N3. The van der Waals surface area contributed by atoms with Gasteiger partial charge in [0.05, 0.1) is 11.2 Å². The summed E-state index contributed by atoms with van der Waals surface area (Å²) in [5, 5.41) is 9.12. The molecule has 3 nitrogen and oxygen atoms in total. The maximum Gasteiger partial charge on any atom is 0.0537 e. The van der Waals surface area contributed by atoms with E-state index in [1.807, 2.05) is 0 Å². The Morgan fingerprint density at radius 3 is 1.84 bits per heavy atom. The Balaban J connectivity index is 1.04. The van der Waals surface area contributed by atoms with Gasteiger partial charge in [0.1, 0.15) is 0 Å². The van der Waals surface area contributed by atoms with Gasteiger partial charge < -0.3 is 15.2 Å². The van der Waals surface area contributed by atoms with Crippen LogP contribution in [-0.4, -0.2) is 4.57 Å². The Kier molecular flexibility index (Phi) is 9.94. The number of rotatable bonds is 9. The molecule has 9 aromatic rings. The predicted molar refractivity (Wildman–Crippen MR) is 268 cm³/mol. The van der Waals surface area contributed by atoms with Crippen LogP contribution in [0.3, 0.4) is 0 Å². The molecule has 11 rings (SSSR count). The standard InChI is InChI=1S/C60H49N3/c1-40-16-14-21-45-22-15-26-56(59(40)45)62-55-35-31-47(38-53(55)48-36-41(2)60-51-25-12-13-27-57(51)63(58(60)39-48)50-23-10-5-11-24-50)46-30-34-54(52(37-46)44-19-8-4-9-20-44)61-49-32-28-43(29-33-49)42-17-6-3-7-18-42/h3-15,17-35,37-41,61-62H,16,36H2,1-2H3. The molecule has 63 heavy (non-hydrogen) atoms. The van der Waals surface area contributed by atoms with Gasteiger partial charge >= 0.3 is 0 Å². The van der Waals surface area contributed by atoms with Crippen molar-refractivity contribution in [2.75, 3.05) is 10.6 Å². The number of aromatic nitrogens is 1. The van der Waals surface area contributed by atoms with Crippen molar-refractivity contribution >= 4 is 51.4 Å².